The van der Waals surface area contributed by atoms with E-state index in [1.807, 2.05) is 23.0 Å². The first-order valence-electron chi connectivity index (χ1n) is 17.9. The topological polar surface area (TPSA) is 47.4 Å². The van der Waals surface area contributed by atoms with Crippen molar-refractivity contribution in [2.45, 2.75) is 89.5 Å². The van der Waals surface area contributed by atoms with Crippen molar-refractivity contribution < 1.29 is 31.1 Å². The zero-order valence-electron chi connectivity index (χ0n) is 28.7. The SMILES string of the molecule is CC1CCCc2cc(CN(Cc3cc(C(F)(F)F)cc(C(F)(F)F)c3)C3N=CC(N4CCOCC4)=CN3C)c(N(CC3CC3)CC3CC3)nc21. The molecule has 2 atom stereocenters. The standard InChI is InChI=1S/C37H46F6N6O/c1-24-4-3-5-28-16-29(34(45-33(24)28)48(19-25-6-7-25)20-26-8-9-26)22-49(35-44-18-32(23-46(35)2)47-10-12-50-13-11-47)21-27-14-30(36(38,39)40)17-31(15-27)37(41,42)43/h14-18,23-26,35H,3-13,19-22H2,1-2H3. The number of aliphatic imine (C=N–C) groups is 1. The van der Waals surface area contributed by atoms with Crippen molar-refractivity contribution in [2.75, 3.05) is 51.3 Å². The molecule has 50 heavy (non-hydrogen) atoms. The number of alkyl halides is 6. The molecule has 0 spiro atoms. The second kappa shape index (κ2) is 14.0. The first kappa shape index (κ1) is 35.1. The molecule has 3 fully saturated rings. The first-order chi connectivity index (χ1) is 23.8. The average Bonchev–Trinajstić information content (AvgIpc) is 4.01. The minimum Gasteiger partial charge on any atom is -0.378 e. The van der Waals surface area contributed by atoms with E-state index in [-0.39, 0.29) is 24.7 Å². The Labute approximate surface area is 290 Å². The van der Waals surface area contributed by atoms with Gasteiger partial charge in [-0.2, -0.15) is 26.3 Å². The van der Waals surface area contributed by atoms with Crippen LogP contribution in [0.1, 0.15) is 84.9 Å². The summed E-state index contributed by atoms with van der Waals surface area (Å²) in [5.41, 5.74) is 1.40. The van der Waals surface area contributed by atoms with Gasteiger partial charge in [-0.3, -0.25) is 9.89 Å². The van der Waals surface area contributed by atoms with Crippen LogP contribution < -0.4 is 4.90 Å². The number of allylic oxidation sites excluding steroid dienone is 1. The number of hydrogen-bond acceptors (Lipinski definition) is 7. The van der Waals surface area contributed by atoms with E-state index in [9.17, 15) is 26.3 Å². The van der Waals surface area contributed by atoms with Crippen molar-refractivity contribution in [1.29, 1.82) is 0 Å². The molecule has 1 aromatic carbocycles. The molecule has 2 aromatic rings. The molecule has 0 bridgehead atoms. The molecule has 1 aromatic heterocycles. The largest absolute Gasteiger partial charge is 0.416 e. The van der Waals surface area contributed by atoms with Crippen LogP contribution in [0, 0.1) is 11.8 Å². The fourth-order valence-corrected chi connectivity index (χ4v) is 7.51. The predicted molar refractivity (Wildman–Crippen MR) is 179 cm³/mol. The van der Waals surface area contributed by atoms with E-state index in [4.69, 9.17) is 14.7 Å². The molecule has 7 nitrogen and oxygen atoms in total. The number of pyridine rings is 1. The van der Waals surface area contributed by atoms with Gasteiger partial charge in [0.2, 0.25) is 0 Å². The number of benzene rings is 1. The third-order valence-electron chi connectivity index (χ3n) is 10.5. The van der Waals surface area contributed by atoms with Gasteiger partial charge in [-0.05, 0) is 98.1 Å². The molecule has 2 unspecified atom stereocenters. The highest BCUT2D eigenvalue weighted by molar-refractivity contribution is 5.78. The molecule has 2 aliphatic heterocycles. The van der Waals surface area contributed by atoms with E-state index in [1.54, 1.807) is 6.21 Å². The Kier molecular flexibility index (Phi) is 9.83. The molecular formula is C37H46F6N6O. The summed E-state index contributed by atoms with van der Waals surface area (Å²) < 4.78 is 89.3. The number of nitrogens with zero attached hydrogens (tertiary/aromatic N) is 6. The summed E-state index contributed by atoms with van der Waals surface area (Å²) in [6.45, 7) is 6.66. The number of ether oxygens (including phenoxy) is 1. The zero-order chi connectivity index (χ0) is 35.2. The minimum atomic E-state index is -4.94. The van der Waals surface area contributed by atoms with Gasteiger partial charge in [0.05, 0.1) is 36.3 Å². The van der Waals surface area contributed by atoms with E-state index in [2.05, 4.69) is 22.8 Å². The molecule has 3 aliphatic carbocycles. The first-order valence-corrected chi connectivity index (χ1v) is 17.9. The molecule has 1 saturated heterocycles. The Hall–Kier alpha value is -3.32. The van der Waals surface area contributed by atoms with Crippen molar-refractivity contribution in [3.8, 4) is 0 Å². The highest BCUT2D eigenvalue weighted by Crippen LogP contribution is 2.41. The average molecular weight is 705 g/mol. The number of rotatable bonds is 11. The maximum atomic E-state index is 14.0. The van der Waals surface area contributed by atoms with E-state index < -0.39 is 29.8 Å². The van der Waals surface area contributed by atoms with Gasteiger partial charge in [0.25, 0.3) is 0 Å². The van der Waals surface area contributed by atoms with Crippen LogP contribution in [0.3, 0.4) is 0 Å². The predicted octanol–water partition coefficient (Wildman–Crippen LogP) is 7.66. The van der Waals surface area contributed by atoms with Gasteiger partial charge in [0, 0.05) is 63.8 Å². The van der Waals surface area contributed by atoms with Gasteiger partial charge in [-0.15, -0.1) is 0 Å². The van der Waals surface area contributed by atoms with Gasteiger partial charge in [-0.25, -0.2) is 4.98 Å². The smallest absolute Gasteiger partial charge is 0.378 e. The Morgan fingerprint density at radius 3 is 2.08 bits per heavy atom. The number of hydrogen-bond donors (Lipinski definition) is 0. The molecule has 272 valence electrons. The molecule has 2 saturated carbocycles. The summed E-state index contributed by atoms with van der Waals surface area (Å²) in [7, 11) is 1.85. The van der Waals surface area contributed by atoms with E-state index >= 15 is 0 Å². The van der Waals surface area contributed by atoms with E-state index in [0.717, 1.165) is 67.3 Å². The minimum absolute atomic E-state index is 0.0763. The Morgan fingerprint density at radius 1 is 0.860 bits per heavy atom. The fourth-order valence-electron chi connectivity index (χ4n) is 7.51. The van der Waals surface area contributed by atoms with Gasteiger partial charge >= 0.3 is 12.4 Å². The summed E-state index contributed by atoms with van der Waals surface area (Å²) in [6, 6.07) is 4.08. The quantitative estimate of drug-likeness (QED) is 0.224. The molecule has 7 rings (SSSR count). The number of fused-ring (bicyclic) bond motifs is 1. The number of aryl methyl sites for hydroxylation is 1. The van der Waals surface area contributed by atoms with Gasteiger partial charge in [0.1, 0.15) is 5.82 Å². The van der Waals surface area contributed by atoms with Crippen LogP contribution in [0.15, 0.2) is 41.2 Å². The summed E-state index contributed by atoms with van der Waals surface area (Å²) in [5.74, 6) is 2.43. The van der Waals surface area contributed by atoms with Gasteiger partial charge in [-0.1, -0.05) is 6.92 Å². The Morgan fingerprint density at radius 2 is 1.50 bits per heavy atom. The Bertz CT molecular complexity index is 1550. The highest BCUT2D eigenvalue weighted by Gasteiger charge is 2.38. The summed E-state index contributed by atoms with van der Waals surface area (Å²) >= 11 is 0. The van der Waals surface area contributed by atoms with Gasteiger partial charge < -0.3 is 19.4 Å². The van der Waals surface area contributed by atoms with Crippen LogP contribution in [0.4, 0.5) is 32.2 Å². The van der Waals surface area contributed by atoms with Gasteiger partial charge in [0.15, 0.2) is 6.29 Å². The van der Waals surface area contributed by atoms with Crippen LogP contribution in [-0.4, -0.2) is 78.6 Å². The third kappa shape index (κ3) is 8.25. The normalized spacial score (nSPS) is 22.9. The number of morpholine rings is 1. The van der Waals surface area contributed by atoms with Crippen molar-refractivity contribution in [2.24, 2.45) is 16.8 Å². The number of halogens is 6. The van der Waals surface area contributed by atoms with Crippen LogP contribution in [0.2, 0.25) is 0 Å². The van der Waals surface area contributed by atoms with Crippen molar-refractivity contribution in [3.05, 3.63) is 69.7 Å². The summed E-state index contributed by atoms with van der Waals surface area (Å²) in [5, 5.41) is 0. The third-order valence-corrected chi connectivity index (χ3v) is 10.5. The van der Waals surface area contributed by atoms with Crippen molar-refractivity contribution in [3.63, 3.8) is 0 Å². The van der Waals surface area contributed by atoms with Crippen LogP contribution in [0.25, 0.3) is 0 Å². The number of aromatic nitrogens is 1. The lowest BCUT2D eigenvalue weighted by Gasteiger charge is -2.40. The zero-order valence-corrected chi connectivity index (χ0v) is 28.7. The summed E-state index contributed by atoms with van der Waals surface area (Å²) in [6.07, 6.45) is 0.882. The van der Waals surface area contributed by atoms with Crippen LogP contribution in [0.5, 0.6) is 0 Å². The van der Waals surface area contributed by atoms with Crippen molar-refractivity contribution in [1.82, 2.24) is 19.7 Å². The van der Waals surface area contributed by atoms with E-state index in [0.29, 0.717) is 44.1 Å². The van der Waals surface area contributed by atoms with Crippen LogP contribution >= 0.6 is 0 Å². The monoisotopic (exact) mass is 704 g/mol. The second-order valence-corrected chi connectivity index (χ2v) is 14.9. The molecule has 0 N–H and O–H groups in total. The molecule has 0 radical (unpaired) electrons. The second-order valence-electron chi connectivity index (χ2n) is 14.9. The molecule has 0 amide bonds. The molecule has 13 heteroatoms. The fraction of sp³-hybridized carbons (Fsp3) is 0.622. The number of anilines is 1. The maximum Gasteiger partial charge on any atom is 0.416 e. The Balaban J connectivity index is 1.28. The van der Waals surface area contributed by atoms with Crippen molar-refractivity contribution >= 4 is 12.0 Å². The lowest BCUT2D eigenvalue weighted by molar-refractivity contribution is -0.143. The molecule has 3 heterocycles. The van der Waals surface area contributed by atoms with Crippen LogP contribution in [-0.2, 0) is 36.6 Å². The summed E-state index contributed by atoms with van der Waals surface area (Å²) in [4.78, 5) is 18.6. The maximum absolute atomic E-state index is 14.0. The lowest BCUT2D eigenvalue weighted by Crippen LogP contribution is -2.46. The lowest BCUT2D eigenvalue weighted by atomic mass is 9.87. The molecular weight excluding hydrogens is 658 g/mol. The highest BCUT2D eigenvalue weighted by atomic mass is 19.4. The van der Waals surface area contributed by atoms with E-state index in [1.165, 1.54) is 31.2 Å². The molecule has 5 aliphatic rings.